The number of hydrogen-bond acceptors (Lipinski definition) is 3. The Morgan fingerprint density at radius 1 is 1.23 bits per heavy atom. The molecule has 1 fully saturated rings. The van der Waals surface area contributed by atoms with E-state index in [-0.39, 0.29) is 0 Å². The fraction of sp³-hybridized carbons (Fsp3) is 0.600. The highest BCUT2D eigenvalue weighted by molar-refractivity contribution is 5.05. The third kappa shape index (κ3) is 2.04. The molecule has 0 radical (unpaired) electrons. The first kappa shape index (κ1) is 8.63. The fourth-order valence-electron chi connectivity index (χ4n) is 1.57. The van der Waals surface area contributed by atoms with Crippen LogP contribution in [-0.4, -0.2) is 23.2 Å². The molecule has 3 nitrogen and oxygen atoms in total. The van der Waals surface area contributed by atoms with Crippen molar-refractivity contribution in [2.45, 2.75) is 25.7 Å². The standard InChI is InChI=1S/C10H14N2O/c1-8-6-11-10(12-7-8)9-2-4-13-5-3-9/h6-7,9H,2-5H2,1H3. The topological polar surface area (TPSA) is 35.0 Å². The van der Waals surface area contributed by atoms with Gasteiger partial charge in [0.15, 0.2) is 0 Å². The van der Waals surface area contributed by atoms with Crippen molar-refractivity contribution < 1.29 is 4.74 Å². The molecule has 0 spiro atoms. The van der Waals surface area contributed by atoms with Gasteiger partial charge < -0.3 is 4.74 Å². The molecule has 0 unspecified atom stereocenters. The summed E-state index contributed by atoms with van der Waals surface area (Å²) < 4.78 is 5.29. The third-order valence-electron chi connectivity index (χ3n) is 2.39. The Morgan fingerprint density at radius 3 is 2.46 bits per heavy atom. The Balaban J connectivity index is 2.10. The second-order valence-electron chi connectivity index (χ2n) is 3.51. The Labute approximate surface area is 78.2 Å². The number of hydrogen-bond donors (Lipinski definition) is 0. The lowest BCUT2D eigenvalue weighted by molar-refractivity contribution is 0.0835. The van der Waals surface area contributed by atoms with Gasteiger partial charge in [0, 0.05) is 31.5 Å². The van der Waals surface area contributed by atoms with E-state index in [9.17, 15) is 0 Å². The van der Waals surface area contributed by atoms with Crippen LogP contribution in [0.2, 0.25) is 0 Å². The van der Waals surface area contributed by atoms with E-state index < -0.39 is 0 Å². The van der Waals surface area contributed by atoms with E-state index in [1.54, 1.807) is 0 Å². The highest BCUT2D eigenvalue weighted by atomic mass is 16.5. The van der Waals surface area contributed by atoms with Gasteiger partial charge in [0.05, 0.1) is 0 Å². The van der Waals surface area contributed by atoms with Crippen molar-refractivity contribution in [3.8, 4) is 0 Å². The third-order valence-corrected chi connectivity index (χ3v) is 2.39. The van der Waals surface area contributed by atoms with Crippen LogP contribution in [0, 0.1) is 6.92 Å². The quantitative estimate of drug-likeness (QED) is 0.656. The summed E-state index contributed by atoms with van der Waals surface area (Å²) in [6, 6.07) is 0. The van der Waals surface area contributed by atoms with Gasteiger partial charge in [-0.15, -0.1) is 0 Å². The molecule has 0 amide bonds. The fourth-order valence-corrected chi connectivity index (χ4v) is 1.57. The molecule has 1 aliphatic heterocycles. The number of ether oxygens (including phenoxy) is 1. The van der Waals surface area contributed by atoms with Gasteiger partial charge in [-0.05, 0) is 25.3 Å². The van der Waals surface area contributed by atoms with Crippen molar-refractivity contribution in [2.75, 3.05) is 13.2 Å². The van der Waals surface area contributed by atoms with Gasteiger partial charge in [0.2, 0.25) is 0 Å². The van der Waals surface area contributed by atoms with Crippen molar-refractivity contribution in [1.82, 2.24) is 9.97 Å². The molecule has 0 aromatic carbocycles. The molecular weight excluding hydrogens is 164 g/mol. The average Bonchev–Trinajstić information content (AvgIpc) is 2.20. The Kier molecular flexibility index (Phi) is 2.54. The highest BCUT2D eigenvalue weighted by Crippen LogP contribution is 2.23. The van der Waals surface area contributed by atoms with Gasteiger partial charge in [-0.25, -0.2) is 9.97 Å². The predicted octanol–water partition coefficient (Wildman–Crippen LogP) is 1.68. The van der Waals surface area contributed by atoms with Crippen LogP contribution in [0.1, 0.15) is 30.1 Å². The molecule has 1 aromatic rings. The molecule has 2 heterocycles. The summed E-state index contributed by atoms with van der Waals surface area (Å²) in [4.78, 5) is 8.67. The molecular formula is C10H14N2O. The summed E-state index contributed by atoms with van der Waals surface area (Å²) in [5.41, 5.74) is 1.12. The molecule has 3 heteroatoms. The lowest BCUT2D eigenvalue weighted by atomic mass is 9.99. The largest absolute Gasteiger partial charge is 0.381 e. The second kappa shape index (κ2) is 3.83. The van der Waals surface area contributed by atoms with Gasteiger partial charge in [-0.3, -0.25) is 0 Å². The summed E-state index contributed by atoms with van der Waals surface area (Å²) in [7, 11) is 0. The first-order valence-electron chi connectivity index (χ1n) is 4.72. The number of nitrogens with zero attached hydrogens (tertiary/aromatic N) is 2. The highest BCUT2D eigenvalue weighted by Gasteiger charge is 2.17. The van der Waals surface area contributed by atoms with Crippen LogP contribution in [0.15, 0.2) is 12.4 Å². The first-order valence-corrected chi connectivity index (χ1v) is 4.72. The van der Waals surface area contributed by atoms with Crippen molar-refractivity contribution in [3.05, 3.63) is 23.8 Å². The molecule has 1 saturated heterocycles. The monoisotopic (exact) mass is 178 g/mol. The van der Waals surface area contributed by atoms with Crippen molar-refractivity contribution in [3.63, 3.8) is 0 Å². The van der Waals surface area contributed by atoms with Crippen LogP contribution in [0.3, 0.4) is 0 Å². The van der Waals surface area contributed by atoms with E-state index in [1.807, 2.05) is 19.3 Å². The number of rotatable bonds is 1. The summed E-state index contributed by atoms with van der Waals surface area (Å²) in [6.45, 7) is 3.71. The Morgan fingerprint density at radius 2 is 1.85 bits per heavy atom. The molecule has 2 rings (SSSR count). The Bertz CT molecular complexity index is 265. The predicted molar refractivity (Wildman–Crippen MR) is 49.6 cm³/mol. The zero-order chi connectivity index (χ0) is 9.10. The van der Waals surface area contributed by atoms with Crippen molar-refractivity contribution in [2.24, 2.45) is 0 Å². The van der Waals surface area contributed by atoms with Crippen LogP contribution >= 0.6 is 0 Å². The van der Waals surface area contributed by atoms with Crippen LogP contribution in [0.25, 0.3) is 0 Å². The molecule has 70 valence electrons. The van der Waals surface area contributed by atoms with E-state index in [1.165, 1.54) is 0 Å². The van der Waals surface area contributed by atoms with E-state index in [4.69, 9.17) is 4.74 Å². The van der Waals surface area contributed by atoms with Gasteiger partial charge in [-0.2, -0.15) is 0 Å². The molecule has 1 aliphatic rings. The molecule has 0 saturated carbocycles. The van der Waals surface area contributed by atoms with E-state index in [0.29, 0.717) is 5.92 Å². The normalized spacial score (nSPS) is 18.8. The second-order valence-corrected chi connectivity index (χ2v) is 3.51. The van der Waals surface area contributed by atoms with Crippen LogP contribution < -0.4 is 0 Å². The summed E-state index contributed by atoms with van der Waals surface area (Å²) in [6.07, 6.45) is 5.89. The summed E-state index contributed by atoms with van der Waals surface area (Å²) in [5, 5.41) is 0. The zero-order valence-electron chi connectivity index (χ0n) is 7.86. The maximum Gasteiger partial charge on any atom is 0.131 e. The van der Waals surface area contributed by atoms with Crippen molar-refractivity contribution in [1.29, 1.82) is 0 Å². The minimum Gasteiger partial charge on any atom is -0.381 e. The molecule has 13 heavy (non-hydrogen) atoms. The maximum absolute atomic E-state index is 5.29. The lowest BCUT2D eigenvalue weighted by Crippen LogP contribution is -2.16. The molecule has 1 aromatic heterocycles. The summed E-state index contributed by atoms with van der Waals surface area (Å²) >= 11 is 0. The molecule has 0 bridgehead atoms. The average molecular weight is 178 g/mol. The van der Waals surface area contributed by atoms with Crippen LogP contribution in [0.5, 0.6) is 0 Å². The maximum atomic E-state index is 5.29. The Hall–Kier alpha value is -0.960. The van der Waals surface area contributed by atoms with Gasteiger partial charge >= 0.3 is 0 Å². The minimum atomic E-state index is 0.509. The zero-order valence-corrected chi connectivity index (χ0v) is 7.86. The lowest BCUT2D eigenvalue weighted by Gasteiger charge is -2.20. The van der Waals surface area contributed by atoms with Crippen molar-refractivity contribution >= 4 is 0 Å². The van der Waals surface area contributed by atoms with E-state index in [2.05, 4.69) is 9.97 Å². The molecule has 0 N–H and O–H groups in total. The van der Waals surface area contributed by atoms with Gasteiger partial charge in [-0.1, -0.05) is 0 Å². The van der Waals surface area contributed by atoms with Crippen LogP contribution in [-0.2, 0) is 4.74 Å². The SMILES string of the molecule is Cc1cnc(C2CCOCC2)nc1. The molecule has 0 aliphatic carbocycles. The van der Waals surface area contributed by atoms with Gasteiger partial charge in [0.25, 0.3) is 0 Å². The molecule has 0 atom stereocenters. The van der Waals surface area contributed by atoms with E-state index >= 15 is 0 Å². The van der Waals surface area contributed by atoms with Crippen LogP contribution in [0.4, 0.5) is 0 Å². The first-order chi connectivity index (χ1) is 6.36. The number of aromatic nitrogens is 2. The summed E-state index contributed by atoms with van der Waals surface area (Å²) in [5.74, 6) is 1.49. The van der Waals surface area contributed by atoms with E-state index in [0.717, 1.165) is 37.4 Å². The minimum absolute atomic E-state index is 0.509. The number of aryl methyl sites for hydroxylation is 1. The van der Waals surface area contributed by atoms with Gasteiger partial charge in [0.1, 0.15) is 5.82 Å². The smallest absolute Gasteiger partial charge is 0.131 e.